The summed E-state index contributed by atoms with van der Waals surface area (Å²) in [5, 5.41) is 4.46. The SMILES string of the molecule is CC(C)(C)CC(C)(C)Nc1nccc2c1ccn2C(=O)OCc1ccccc1. The zero-order valence-electron chi connectivity index (χ0n) is 17.3. The molecule has 0 unspecified atom stereocenters. The van der Waals surface area contributed by atoms with E-state index in [2.05, 4.69) is 44.9 Å². The highest BCUT2D eigenvalue weighted by molar-refractivity contribution is 5.95. The Balaban J connectivity index is 1.79. The first-order valence-electron chi connectivity index (χ1n) is 9.60. The highest BCUT2D eigenvalue weighted by atomic mass is 16.5. The molecule has 3 aromatic rings. The maximum Gasteiger partial charge on any atom is 0.418 e. The van der Waals surface area contributed by atoms with Gasteiger partial charge in [-0.15, -0.1) is 0 Å². The summed E-state index contributed by atoms with van der Waals surface area (Å²) in [6, 6.07) is 13.4. The molecular formula is C23H29N3O2. The van der Waals surface area contributed by atoms with Gasteiger partial charge in [0, 0.05) is 23.3 Å². The van der Waals surface area contributed by atoms with Gasteiger partial charge in [0.05, 0.1) is 5.52 Å². The summed E-state index contributed by atoms with van der Waals surface area (Å²) < 4.78 is 7.00. The van der Waals surface area contributed by atoms with Gasteiger partial charge in [0.15, 0.2) is 0 Å². The predicted octanol–water partition coefficient (Wildman–Crippen LogP) is 5.85. The molecule has 0 saturated heterocycles. The molecule has 3 rings (SSSR count). The van der Waals surface area contributed by atoms with Crippen molar-refractivity contribution >= 4 is 22.8 Å². The first kappa shape index (κ1) is 19.9. The van der Waals surface area contributed by atoms with Crippen LogP contribution in [0.15, 0.2) is 54.9 Å². The predicted molar refractivity (Wildman–Crippen MR) is 114 cm³/mol. The summed E-state index contributed by atoms with van der Waals surface area (Å²) in [6.07, 6.45) is 4.04. The fourth-order valence-electron chi connectivity index (χ4n) is 3.81. The Morgan fingerprint density at radius 2 is 1.79 bits per heavy atom. The van der Waals surface area contributed by atoms with Crippen molar-refractivity contribution in [3.05, 3.63) is 60.4 Å². The van der Waals surface area contributed by atoms with E-state index in [1.807, 2.05) is 42.5 Å². The number of anilines is 1. The van der Waals surface area contributed by atoms with Gasteiger partial charge in [-0.1, -0.05) is 51.1 Å². The summed E-state index contributed by atoms with van der Waals surface area (Å²) in [5.74, 6) is 0.779. The summed E-state index contributed by atoms with van der Waals surface area (Å²) >= 11 is 0. The molecule has 0 atom stereocenters. The number of ether oxygens (including phenoxy) is 1. The lowest BCUT2D eigenvalue weighted by Gasteiger charge is -2.34. The van der Waals surface area contributed by atoms with Gasteiger partial charge in [-0.05, 0) is 43.4 Å². The van der Waals surface area contributed by atoms with E-state index in [-0.39, 0.29) is 17.6 Å². The van der Waals surface area contributed by atoms with Crippen LogP contribution in [0.25, 0.3) is 10.9 Å². The number of hydrogen-bond acceptors (Lipinski definition) is 4. The maximum absolute atomic E-state index is 12.6. The molecule has 0 amide bonds. The Morgan fingerprint density at radius 1 is 1.07 bits per heavy atom. The molecule has 0 aliphatic rings. The van der Waals surface area contributed by atoms with Crippen molar-refractivity contribution in [1.82, 2.24) is 9.55 Å². The van der Waals surface area contributed by atoms with Crippen LogP contribution in [-0.2, 0) is 11.3 Å². The zero-order valence-corrected chi connectivity index (χ0v) is 17.3. The highest BCUT2D eigenvalue weighted by Crippen LogP contribution is 2.31. The largest absolute Gasteiger partial charge is 0.444 e. The van der Waals surface area contributed by atoms with Crippen LogP contribution in [0, 0.1) is 5.41 Å². The second kappa shape index (κ2) is 7.66. The molecule has 1 N–H and O–H groups in total. The number of carbonyl (C=O) groups is 1. The summed E-state index contributed by atoms with van der Waals surface area (Å²) in [4.78, 5) is 17.1. The molecular weight excluding hydrogens is 350 g/mol. The third-order valence-electron chi connectivity index (χ3n) is 4.45. The Kier molecular flexibility index (Phi) is 5.45. The van der Waals surface area contributed by atoms with E-state index in [9.17, 15) is 4.79 Å². The Hall–Kier alpha value is -2.82. The molecule has 0 aliphatic heterocycles. The van der Waals surface area contributed by atoms with Crippen molar-refractivity contribution in [2.45, 2.75) is 53.2 Å². The van der Waals surface area contributed by atoms with Gasteiger partial charge in [-0.2, -0.15) is 0 Å². The third-order valence-corrected chi connectivity index (χ3v) is 4.45. The molecule has 0 bridgehead atoms. The molecule has 0 spiro atoms. The van der Waals surface area contributed by atoms with E-state index in [0.717, 1.165) is 28.7 Å². The lowest BCUT2D eigenvalue weighted by molar-refractivity contribution is 0.142. The highest BCUT2D eigenvalue weighted by Gasteiger charge is 2.26. The maximum atomic E-state index is 12.6. The van der Waals surface area contributed by atoms with E-state index in [1.165, 1.54) is 4.57 Å². The van der Waals surface area contributed by atoms with Gasteiger partial charge >= 0.3 is 6.09 Å². The molecule has 2 aromatic heterocycles. The normalized spacial score (nSPS) is 12.2. The van der Waals surface area contributed by atoms with Gasteiger partial charge < -0.3 is 10.1 Å². The van der Waals surface area contributed by atoms with Crippen molar-refractivity contribution in [1.29, 1.82) is 0 Å². The van der Waals surface area contributed by atoms with Crippen LogP contribution in [0.2, 0.25) is 0 Å². The van der Waals surface area contributed by atoms with Crippen LogP contribution in [0.3, 0.4) is 0 Å². The fourth-order valence-corrected chi connectivity index (χ4v) is 3.81. The van der Waals surface area contributed by atoms with Gasteiger partial charge in [0.25, 0.3) is 0 Å². The quantitative estimate of drug-likeness (QED) is 0.604. The topological polar surface area (TPSA) is 56.2 Å². The van der Waals surface area contributed by atoms with E-state index in [0.29, 0.717) is 0 Å². The smallest absolute Gasteiger partial charge is 0.418 e. The molecule has 0 saturated carbocycles. The number of carbonyl (C=O) groups excluding carboxylic acids is 1. The van der Waals surface area contributed by atoms with Crippen molar-refractivity contribution in [2.24, 2.45) is 5.41 Å². The summed E-state index contributed by atoms with van der Waals surface area (Å²) in [7, 11) is 0. The van der Waals surface area contributed by atoms with Crippen LogP contribution < -0.4 is 5.32 Å². The van der Waals surface area contributed by atoms with Crippen LogP contribution >= 0.6 is 0 Å². The van der Waals surface area contributed by atoms with Crippen LogP contribution in [-0.4, -0.2) is 21.2 Å². The number of nitrogens with zero attached hydrogens (tertiary/aromatic N) is 2. The zero-order chi connectivity index (χ0) is 20.4. The number of hydrogen-bond donors (Lipinski definition) is 1. The lowest BCUT2D eigenvalue weighted by atomic mass is 9.82. The number of benzene rings is 1. The van der Waals surface area contributed by atoms with Crippen molar-refractivity contribution in [3.8, 4) is 0 Å². The Bertz CT molecular complexity index is 953. The number of pyridine rings is 1. The van der Waals surface area contributed by atoms with Crippen molar-refractivity contribution < 1.29 is 9.53 Å². The van der Waals surface area contributed by atoms with Crippen molar-refractivity contribution in [3.63, 3.8) is 0 Å². The van der Waals surface area contributed by atoms with Crippen LogP contribution in [0.4, 0.5) is 10.6 Å². The number of fused-ring (bicyclic) bond motifs is 1. The second-order valence-corrected chi connectivity index (χ2v) is 9.06. The minimum atomic E-state index is -0.398. The first-order chi connectivity index (χ1) is 13.1. The van der Waals surface area contributed by atoms with E-state index >= 15 is 0 Å². The van der Waals surface area contributed by atoms with E-state index in [4.69, 9.17) is 4.74 Å². The average Bonchev–Trinajstić information content (AvgIpc) is 3.03. The molecule has 0 radical (unpaired) electrons. The number of aromatic nitrogens is 2. The molecule has 0 aliphatic carbocycles. The van der Waals surface area contributed by atoms with E-state index in [1.54, 1.807) is 12.4 Å². The summed E-state index contributed by atoms with van der Waals surface area (Å²) in [5.41, 5.74) is 1.80. The minimum absolute atomic E-state index is 0.130. The van der Waals surface area contributed by atoms with Gasteiger partial charge in [0.2, 0.25) is 0 Å². The first-order valence-corrected chi connectivity index (χ1v) is 9.60. The van der Waals surface area contributed by atoms with Crippen molar-refractivity contribution in [2.75, 3.05) is 5.32 Å². The molecule has 5 nitrogen and oxygen atoms in total. The molecule has 1 aromatic carbocycles. The fraction of sp³-hybridized carbons (Fsp3) is 0.391. The van der Waals surface area contributed by atoms with Crippen LogP contribution in [0.5, 0.6) is 0 Å². The lowest BCUT2D eigenvalue weighted by Crippen LogP contribution is -2.35. The standard InChI is InChI=1S/C23H29N3O2/c1-22(2,3)16-23(4,5)25-20-18-12-14-26(19(18)11-13-24-20)21(27)28-15-17-9-7-6-8-10-17/h6-14H,15-16H2,1-5H3,(H,24,25). The second-order valence-electron chi connectivity index (χ2n) is 9.06. The molecule has 28 heavy (non-hydrogen) atoms. The Labute approximate surface area is 166 Å². The van der Waals surface area contributed by atoms with Gasteiger partial charge in [-0.25, -0.2) is 9.78 Å². The molecule has 5 heteroatoms. The molecule has 0 fully saturated rings. The van der Waals surface area contributed by atoms with Crippen LogP contribution in [0.1, 0.15) is 46.6 Å². The van der Waals surface area contributed by atoms with Gasteiger partial charge in [0.1, 0.15) is 12.4 Å². The minimum Gasteiger partial charge on any atom is -0.444 e. The monoisotopic (exact) mass is 379 g/mol. The molecule has 148 valence electrons. The van der Waals surface area contributed by atoms with Gasteiger partial charge in [-0.3, -0.25) is 4.57 Å². The number of rotatable bonds is 5. The Morgan fingerprint density at radius 3 is 2.46 bits per heavy atom. The van der Waals surface area contributed by atoms with E-state index < -0.39 is 6.09 Å². The molecule has 2 heterocycles. The third kappa shape index (κ3) is 4.91. The number of nitrogens with one attached hydrogen (secondary N) is 1. The summed E-state index contributed by atoms with van der Waals surface area (Å²) in [6.45, 7) is 11.3. The average molecular weight is 380 g/mol.